The normalized spacial score (nSPS) is 13.3. The first-order valence-corrected chi connectivity index (χ1v) is 9.90. The maximum Gasteiger partial charge on any atom is 0.305 e. The molecule has 0 aliphatic heterocycles. The molecule has 0 fully saturated rings. The fourth-order valence-corrected chi connectivity index (χ4v) is 2.80. The molecule has 0 N–H and O–H groups in total. The lowest BCUT2D eigenvalue weighted by Gasteiger charge is -2.27. The van der Waals surface area contributed by atoms with Crippen LogP contribution in [0.3, 0.4) is 0 Å². The van der Waals surface area contributed by atoms with Crippen molar-refractivity contribution in [3.05, 3.63) is 0 Å². The second kappa shape index (κ2) is 15.5. The lowest BCUT2D eigenvalue weighted by molar-refractivity contribution is -0.150. The highest BCUT2D eigenvalue weighted by molar-refractivity contribution is 5.69. The van der Waals surface area contributed by atoms with Gasteiger partial charge >= 0.3 is 11.9 Å². The van der Waals surface area contributed by atoms with E-state index in [2.05, 4.69) is 13.8 Å². The molecule has 0 aliphatic carbocycles. The van der Waals surface area contributed by atoms with Crippen LogP contribution in [0.5, 0.6) is 0 Å². The number of esters is 2. The van der Waals surface area contributed by atoms with Gasteiger partial charge in [-0.25, -0.2) is 0 Å². The summed E-state index contributed by atoms with van der Waals surface area (Å²) < 4.78 is 11.0. The summed E-state index contributed by atoms with van der Waals surface area (Å²) in [6, 6.07) is 0. The zero-order valence-corrected chi connectivity index (χ0v) is 16.3. The average Bonchev–Trinajstić information content (AvgIpc) is 2.56. The third-order valence-corrected chi connectivity index (χ3v) is 4.35. The van der Waals surface area contributed by atoms with Gasteiger partial charge in [0.15, 0.2) is 0 Å². The molecule has 0 spiro atoms. The SMILES string of the molecule is CCCCC(COC(=O)CCC)C(CCCC)COC(=O)CCC. The lowest BCUT2D eigenvalue weighted by Crippen LogP contribution is -2.27. The second-order valence-corrected chi connectivity index (χ2v) is 6.67. The number of hydrogen-bond donors (Lipinski definition) is 0. The number of unbranched alkanes of at least 4 members (excludes halogenated alkanes) is 2. The summed E-state index contributed by atoms with van der Waals surface area (Å²) in [5.74, 6) is 0.339. The summed E-state index contributed by atoms with van der Waals surface area (Å²) in [6.07, 6.45) is 9.09. The van der Waals surface area contributed by atoms with Crippen LogP contribution >= 0.6 is 0 Å². The molecule has 24 heavy (non-hydrogen) atoms. The number of ether oxygens (including phenoxy) is 2. The molecule has 0 amide bonds. The summed E-state index contributed by atoms with van der Waals surface area (Å²) in [5.41, 5.74) is 0. The van der Waals surface area contributed by atoms with Crippen LogP contribution in [0.1, 0.15) is 91.9 Å². The van der Waals surface area contributed by atoms with E-state index in [-0.39, 0.29) is 23.8 Å². The van der Waals surface area contributed by atoms with Crippen molar-refractivity contribution < 1.29 is 19.1 Å². The Morgan fingerprint density at radius 1 is 0.667 bits per heavy atom. The predicted octanol–water partition coefficient (Wildman–Crippen LogP) is 5.29. The van der Waals surface area contributed by atoms with Gasteiger partial charge in [-0.2, -0.15) is 0 Å². The maximum absolute atomic E-state index is 11.7. The Hall–Kier alpha value is -1.06. The quantitative estimate of drug-likeness (QED) is 0.380. The van der Waals surface area contributed by atoms with Crippen LogP contribution in [0.25, 0.3) is 0 Å². The minimum absolute atomic E-state index is 0.115. The molecule has 0 aromatic heterocycles. The second-order valence-electron chi connectivity index (χ2n) is 6.67. The molecule has 0 saturated carbocycles. The van der Waals surface area contributed by atoms with Crippen molar-refractivity contribution in [1.29, 1.82) is 0 Å². The fourth-order valence-electron chi connectivity index (χ4n) is 2.80. The molecule has 0 bridgehead atoms. The Bertz CT molecular complexity index is 296. The van der Waals surface area contributed by atoms with E-state index in [0.29, 0.717) is 26.1 Å². The van der Waals surface area contributed by atoms with Crippen LogP contribution in [-0.4, -0.2) is 25.2 Å². The Kier molecular flexibility index (Phi) is 14.8. The monoisotopic (exact) mass is 342 g/mol. The van der Waals surface area contributed by atoms with Crippen LogP contribution in [0.4, 0.5) is 0 Å². The first-order chi connectivity index (χ1) is 11.6. The van der Waals surface area contributed by atoms with Crippen molar-refractivity contribution in [3.8, 4) is 0 Å². The third-order valence-electron chi connectivity index (χ3n) is 4.35. The van der Waals surface area contributed by atoms with Gasteiger partial charge in [-0.3, -0.25) is 9.59 Å². The van der Waals surface area contributed by atoms with Gasteiger partial charge in [-0.15, -0.1) is 0 Å². The number of hydrogen-bond acceptors (Lipinski definition) is 4. The van der Waals surface area contributed by atoms with Crippen LogP contribution in [0, 0.1) is 11.8 Å². The Balaban J connectivity index is 4.69. The van der Waals surface area contributed by atoms with E-state index in [9.17, 15) is 9.59 Å². The first-order valence-electron chi connectivity index (χ1n) is 9.90. The number of carbonyl (C=O) groups excluding carboxylic acids is 2. The van der Waals surface area contributed by atoms with E-state index >= 15 is 0 Å². The average molecular weight is 343 g/mol. The molecule has 142 valence electrons. The van der Waals surface area contributed by atoms with Gasteiger partial charge in [-0.1, -0.05) is 53.4 Å². The summed E-state index contributed by atoms with van der Waals surface area (Å²) >= 11 is 0. The lowest BCUT2D eigenvalue weighted by atomic mass is 9.85. The molecular formula is C20H38O4. The zero-order chi connectivity index (χ0) is 18.2. The van der Waals surface area contributed by atoms with E-state index in [4.69, 9.17) is 9.47 Å². The molecule has 4 nitrogen and oxygen atoms in total. The van der Waals surface area contributed by atoms with Gasteiger partial charge in [0.1, 0.15) is 0 Å². The number of carbonyl (C=O) groups is 2. The van der Waals surface area contributed by atoms with Crippen molar-refractivity contribution in [3.63, 3.8) is 0 Å². The summed E-state index contributed by atoms with van der Waals surface area (Å²) in [5, 5.41) is 0. The van der Waals surface area contributed by atoms with Gasteiger partial charge < -0.3 is 9.47 Å². The molecular weight excluding hydrogens is 304 g/mol. The topological polar surface area (TPSA) is 52.6 Å². The van der Waals surface area contributed by atoms with E-state index in [1.165, 1.54) is 0 Å². The van der Waals surface area contributed by atoms with Crippen molar-refractivity contribution >= 4 is 11.9 Å². The van der Waals surface area contributed by atoms with Gasteiger partial charge in [0, 0.05) is 12.8 Å². The minimum atomic E-state index is -0.115. The molecule has 0 aliphatic rings. The number of rotatable bonds is 15. The molecule has 4 heteroatoms. The highest BCUT2D eigenvalue weighted by Crippen LogP contribution is 2.25. The summed E-state index contributed by atoms with van der Waals surface area (Å²) in [6.45, 7) is 9.21. The van der Waals surface area contributed by atoms with E-state index < -0.39 is 0 Å². The highest BCUT2D eigenvalue weighted by atomic mass is 16.5. The molecule has 0 radical (unpaired) electrons. The predicted molar refractivity (Wildman–Crippen MR) is 97.8 cm³/mol. The maximum atomic E-state index is 11.7. The largest absolute Gasteiger partial charge is 0.465 e. The Labute approximate surface area is 148 Å². The van der Waals surface area contributed by atoms with Crippen molar-refractivity contribution in [1.82, 2.24) is 0 Å². The third kappa shape index (κ3) is 11.5. The molecule has 2 unspecified atom stereocenters. The molecule has 0 rings (SSSR count). The standard InChI is InChI=1S/C20H38O4/c1-5-9-13-17(15-23-19(21)11-7-3)18(14-10-6-2)16-24-20(22)12-8-4/h17-18H,5-16H2,1-4H3. The van der Waals surface area contributed by atoms with Gasteiger partial charge in [0.25, 0.3) is 0 Å². The molecule has 0 saturated heterocycles. The van der Waals surface area contributed by atoms with Crippen LogP contribution in [-0.2, 0) is 19.1 Å². The highest BCUT2D eigenvalue weighted by Gasteiger charge is 2.24. The molecule has 2 atom stereocenters. The zero-order valence-electron chi connectivity index (χ0n) is 16.3. The van der Waals surface area contributed by atoms with E-state index in [1.54, 1.807) is 0 Å². The van der Waals surface area contributed by atoms with Crippen molar-refractivity contribution in [2.24, 2.45) is 11.8 Å². The van der Waals surface area contributed by atoms with Gasteiger partial charge in [0.2, 0.25) is 0 Å². The van der Waals surface area contributed by atoms with Crippen LogP contribution in [0.2, 0.25) is 0 Å². The van der Waals surface area contributed by atoms with Gasteiger partial charge in [-0.05, 0) is 37.5 Å². The summed E-state index contributed by atoms with van der Waals surface area (Å²) in [7, 11) is 0. The molecule has 0 heterocycles. The van der Waals surface area contributed by atoms with Gasteiger partial charge in [0.05, 0.1) is 13.2 Å². The smallest absolute Gasteiger partial charge is 0.305 e. The van der Waals surface area contributed by atoms with Crippen molar-refractivity contribution in [2.45, 2.75) is 91.9 Å². The molecule has 0 aromatic rings. The fraction of sp³-hybridized carbons (Fsp3) is 0.900. The molecule has 0 aromatic carbocycles. The van der Waals surface area contributed by atoms with Crippen LogP contribution in [0.15, 0.2) is 0 Å². The van der Waals surface area contributed by atoms with Crippen molar-refractivity contribution in [2.75, 3.05) is 13.2 Å². The van der Waals surface area contributed by atoms with E-state index in [0.717, 1.165) is 51.4 Å². The summed E-state index contributed by atoms with van der Waals surface area (Å²) in [4.78, 5) is 23.4. The van der Waals surface area contributed by atoms with E-state index in [1.807, 2.05) is 13.8 Å². The Morgan fingerprint density at radius 3 is 1.33 bits per heavy atom. The Morgan fingerprint density at radius 2 is 1.04 bits per heavy atom. The van der Waals surface area contributed by atoms with Crippen LogP contribution < -0.4 is 0 Å². The first kappa shape index (κ1) is 22.9. The minimum Gasteiger partial charge on any atom is -0.465 e.